The van der Waals surface area contributed by atoms with E-state index < -0.39 is 11.4 Å². The molecule has 1 aliphatic rings. The van der Waals surface area contributed by atoms with Crippen molar-refractivity contribution < 1.29 is 14.7 Å². The van der Waals surface area contributed by atoms with Gasteiger partial charge in [-0.15, -0.1) is 11.3 Å². The zero-order valence-electron chi connectivity index (χ0n) is 12.3. The molecule has 1 aliphatic heterocycles. The van der Waals surface area contributed by atoms with Gasteiger partial charge in [0.2, 0.25) is 0 Å². The van der Waals surface area contributed by atoms with Crippen molar-refractivity contribution in [3.63, 3.8) is 0 Å². The summed E-state index contributed by atoms with van der Waals surface area (Å²) in [6.07, 6.45) is 4.00. The number of hydrogen-bond acceptors (Lipinski definition) is 5. The van der Waals surface area contributed by atoms with Gasteiger partial charge in [0.1, 0.15) is 10.7 Å². The maximum absolute atomic E-state index is 12.5. The molecule has 1 amide bonds. The number of rotatable bonds is 3. The van der Waals surface area contributed by atoms with Crippen LogP contribution in [0.1, 0.15) is 23.8 Å². The predicted octanol–water partition coefficient (Wildman–Crippen LogP) is 1.48. The lowest BCUT2D eigenvalue weighted by Gasteiger charge is -2.19. The highest BCUT2D eigenvalue weighted by atomic mass is 32.1. The zero-order valence-corrected chi connectivity index (χ0v) is 13.1. The maximum Gasteiger partial charge on any atom is 0.311 e. The zero-order chi connectivity index (χ0) is 15.9. The molecule has 1 N–H and O–H groups in total. The average molecular weight is 320 g/mol. The van der Waals surface area contributed by atoms with Gasteiger partial charge in [0.05, 0.1) is 11.6 Å². The highest BCUT2D eigenvalue weighted by molar-refractivity contribution is 7.13. The largest absolute Gasteiger partial charge is 0.481 e. The van der Waals surface area contributed by atoms with Gasteiger partial charge in [0.25, 0.3) is 5.91 Å². The molecule has 3 rings (SSSR count). The molecule has 7 nitrogen and oxygen atoms in total. The van der Waals surface area contributed by atoms with E-state index in [-0.39, 0.29) is 12.5 Å². The minimum absolute atomic E-state index is 0.212. The van der Waals surface area contributed by atoms with E-state index in [1.807, 2.05) is 13.2 Å². The van der Waals surface area contributed by atoms with Gasteiger partial charge in [0.15, 0.2) is 0 Å². The van der Waals surface area contributed by atoms with Gasteiger partial charge in [-0.3, -0.25) is 14.3 Å². The molecular weight excluding hydrogens is 304 g/mol. The highest BCUT2D eigenvalue weighted by Crippen LogP contribution is 2.31. The first-order valence-corrected chi connectivity index (χ1v) is 7.74. The van der Waals surface area contributed by atoms with Crippen LogP contribution in [0.2, 0.25) is 0 Å². The lowest BCUT2D eigenvalue weighted by atomic mass is 9.90. The Balaban J connectivity index is 1.77. The number of carbonyl (C=O) groups is 2. The Morgan fingerprint density at radius 2 is 2.23 bits per heavy atom. The van der Waals surface area contributed by atoms with E-state index in [1.165, 1.54) is 11.3 Å². The Bertz CT molecular complexity index is 738. The molecule has 0 radical (unpaired) electrons. The van der Waals surface area contributed by atoms with E-state index in [4.69, 9.17) is 0 Å². The molecular formula is C14H16N4O3S. The number of aromatic nitrogens is 3. The van der Waals surface area contributed by atoms with Crippen molar-refractivity contribution in [1.29, 1.82) is 0 Å². The molecule has 2 aromatic heterocycles. The third-order valence-corrected chi connectivity index (χ3v) is 4.84. The molecule has 2 aromatic rings. The van der Waals surface area contributed by atoms with Gasteiger partial charge in [-0.2, -0.15) is 5.10 Å². The first-order chi connectivity index (χ1) is 10.4. The van der Waals surface area contributed by atoms with Crippen LogP contribution in [0.5, 0.6) is 0 Å². The Kier molecular flexibility index (Phi) is 3.48. The van der Waals surface area contributed by atoms with E-state index in [0.717, 1.165) is 10.6 Å². The maximum atomic E-state index is 12.5. The molecule has 0 bridgehead atoms. The summed E-state index contributed by atoms with van der Waals surface area (Å²) >= 11 is 1.38. The van der Waals surface area contributed by atoms with Crippen molar-refractivity contribution in [1.82, 2.24) is 19.7 Å². The van der Waals surface area contributed by atoms with Gasteiger partial charge in [-0.25, -0.2) is 4.98 Å². The highest BCUT2D eigenvalue weighted by Gasteiger charge is 2.42. The van der Waals surface area contributed by atoms with Crippen LogP contribution in [0.15, 0.2) is 17.8 Å². The van der Waals surface area contributed by atoms with Crippen LogP contribution in [-0.2, 0) is 11.8 Å². The molecule has 0 aromatic carbocycles. The second-order valence-corrected chi connectivity index (χ2v) is 6.64. The standard InChI is InChI=1S/C14H16N4O3S/c1-14(13(20)21)3-4-18(8-14)12(19)10-7-22-11(16-10)9-5-15-17(2)6-9/h5-7H,3-4,8H2,1-2H3,(H,20,21)/t14-/m1/s1. The molecule has 0 aliphatic carbocycles. The number of likely N-dealkylation sites (tertiary alicyclic amines) is 1. The van der Waals surface area contributed by atoms with Crippen LogP contribution in [-0.4, -0.2) is 49.7 Å². The smallest absolute Gasteiger partial charge is 0.311 e. The van der Waals surface area contributed by atoms with E-state index in [9.17, 15) is 14.7 Å². The average Bonchev–Trinajstić information content (AvgIpc) is 3.17. The summed E-state index contributed by atoms with van der Waals surface area (Å²) in [4.78, 5) is 29.6. The van der Waals surface area contributed by atoms with Crippen LogP contribution < -0.4 is 0 Å². The van der Waals surface area contributed by atoms with Gasteiger partial charge in [-0.1, -0.05) is 0 Å². The SMILES string of the molecule is Cn1cc(-c2nc(C(=O)N3CC[C@@](C)(C(=O)O)C3)cs2)cn1. The first kappa shape index (κ1) is 14.7. The van der Waals surface area contributed by atoms with Crippen molar-refractivity contribution in [2.75, 3.05) is 13.1 Å². The first-order valence-electron chi connectivity index (χ1n) is 6.86. The van der Waals surface area contributed by atoms with Gasteiger partial charge in [0, 0.05) is 37.3 Å². The summed E-state index contributed by atoms with van der Waals surface area (Å²) in [7, 11) is 1.82. The minimum Gasteiger partial charge on any atom is -0.481 e. The van der Waals surface area contributed by atoms with Gasteiger partial charge in [-0.05, 0) is 13.3 Å². The quantitative estimate of drug-likeness (QED) is 0.925. The number of nitrogens with zero attached hydrogens (tertiary/aromatic N) is 4. The van der Waals surface area contributed by atoms with Crippen LogP contribution >= 0.6 is 11.3 Å². The Hall–Kier alpha value is -2.22. The normalized spacial score (nSPS) is 21.3. The van der Waals surface area contributed by atoms with E-state index >= 15 is 0 Å². The molecule has 1 saturated heterocycles. The summed E-state index contributed by atoms with van der Waals surface area (Å²) < 4.78 is 1.68. The number of amides is 1. The number of carboxylic acids is 1. The minimum atomic E-state index is -0.864. The Morgan fingerprint density at radius 3 is 2.82 bits per heavy atom. The van der Waals surface area contributed by atoms with Crippen molar-refractivity contribution in [2.24, 2.45) is 12.5 Å². The Labute approximate surface area is 131 Å². The molecule has 116 valence electrons. The van der Waals surface area contributed by atoms with Crippen LogP contribution in [0.25, 0.3) is 10.6 Å². The molecule has 22 heavy (non-hydrogen) atoms. The van der Waals surface area contributed by atoms with E-state index in [0.29, 0.717) is 18.7 Å². The third-order valence-electron chi connectivity index (χ3n) is 3.95. The summed E-state index contributed by atoms with van der Waals surface area (Å²) in [6, 6.07) is 0. The molecule has 0 unspecified atom stereocenters. The number of aliphatic carboxylic acids is 1. The summed E-state index contributed by atoms with van der Waals surface area (Å²) in [5.74, 6) is -1.08. The van der Waals surface area contributed by atoms with Gasteiger partial charge < -0.3 is 10.0 Å². The van der Waals surface area contributed by atoms with E-state index in [1.54, 1.807) is 28.1 Å². The molecule has 3 heterocycles. The number of carbonyl (C=O) groups excluding carboxylic acids is 1. The lowest BCUT2D eigenvalue weighted by Crippen LogP contribution is -2.35. The third kappa shape index (κ3) is 2.50. The number of thiazole rings is 1. The summed E-state index contributed by atoms with van der Waals surface area (Å²) in [6.45, 7) is 2.34. The fraction of sp³-hybridized carbons (Fsp3) is 0.429. The molecule has 1 atom stereocenters. The van der Waals surface area contributed by atoms with Crippen molar-refractivity contribution >= 4 is 23.2 Å². The topological polar surface area (TPSA) is 88.3 Å². The predicted molar refractivity (Wildman–Crippen MR) is 80.6 cm³/mol. The number of carboxylic acid groups (broad SMARTS) is 1. The summed E-state index contributed by atoms with van der Waals surface area (Å²) in [5, 5.41) is 15.8. The monoisotopic (exact) mass is 320 g/mol. The van der Waals surface area contributed by atoms with Gasteiger partial charge >= 0.3 is 5.97 Å². The number of hydrogen-bond donors (Lipinski definition) is 1. The lowest BCUT2D eigenvalue weighted by molar-refractivity contribution is -0.147. The Morgan fingerprint density at radius 1 is 1.45 bits per heavy atom. The van der Waals surface area contributed by atoms with Crippen molar-refractivity contribution in [3.8, 4) is 10.6 Å². The second-order valence-electron chi connectivity index (χ2n) is 5.78. The molecule has 8 heteroatoms. The van der Waals surface area contributed by atoms with Crippen LogP contribution in [0, 0.1) is 5.41 Å². The van der Waals surface area contributed by atoms with Crippen molar-refractivity contribution in [3.05, 3.63) is 23.5 Å². The van der Waals surface area contributed by atoms with Crippen LogP contribution in [0.3, 0.4) is 0 Å². The fourth-order valence-electron chi connectivity index (χ4n) is 2.51. The fourth-order valence-corrected chi connectivity index (χ4v) is 3.28. The molecule has 1 fully saturated rings. The van der Waals surface area contributed by atoms with Crippen molar-refractivity contribution in [2.45, 2.75) is 13.3 Å². The molecule has 0 saturated carbocycles. The van der Waals surface area contributed by atoms with Crippen LogP contribution in [0.4, 0.5) is 0 Å². The molecule has 0 spiro atoms. The van der Waals surface area contributed by atoms with E-state index in [2.05, 4.69) is 10.1 Å². The number of aryl methyl sites for hydroxylation is 1. The summed E-state index contributed by atoms with van der Waals surface area (Å²) in [5.41, 5.74) is 0.361. The second kappa shape index (κ2) is 5.20.